The Morgan fingerprint density at radius 3 is 2.04 bits per heavy atom. The minimum Gasteiger partial charge on any atom is -0.469 e. The lowest BCUT2D eigenvalue weighted by Gasteiger charge is -2.32. The SMILES string of the molecule is COC(=O)C1CC2CCC(C1)C2=C(F)B1OC(C)(C)C(C)(C)O1. The molecule has 23 heavy (non-hydrogen) atoms. The highest BCUT2D eigenvalue weighted by Crippen LogP contribution is 2.52. The third kappa shape index (κ3) is 2.74. The molecular formula is C17H26BFO4. The fourth-order valence-electron chi connectivity index (χ4n) is 4.15. The molecule has 3 fully saturated rings. The van der Waals surface area contributed by atoms with E-state index in [1.807, 2.05) is 27.7 Å². The third-order valence-corrected chi connectivity index (χ3v) is 6.15. The van der Waals surface area contributed by atoms with Crippen molar-refractivity contribution in [3.05, 3.63) is 11.3 Å². The number of ether oxygens (including phenoxy) is 1. The maximum atomic E-state index is 15.1. The van der Waals surface area contributed by atoms with Crippen LogP contribution in [0.3, 0.4) is 0 Å². The molecule has 1 saturated heterocycles. The number of carbonyl (C=O) groups is 1. The Kier molecular flexibility index (Phi) is 4.12. The minimum atomic E-state index is -0.923. The number of halogens is 1. The molecule has 0 aromatic rings. The minimum absolute atomic E-state index is 0.104. The summed E-state index contributed by atoms with van der Waals surface area (Å²) >= 11 is 0. The highest BCUT2D eigenvalue weighted by atomic mass is 19.1. The van der Waals surface area contributed by atoms with Gasteiger partial charge in [-0.2, -0.15) is 0 Å². The van der Waals surface area contributed by atoms with Gasteiger partial charge in [0.05, 0.1) is 24.2 Å². The van der Waals surface area contributed by atoms with Crippen molar-refractivity contribution >= 4 is 13.1 Å². The van der Waals surface area contributed by atoms with Crippen molar-refractivity contribution in [3.63, 3.8) is 0 Å². The Morgan fingerprint density at radius 2 is 1.61 bits per heavy atom. The van der Waals surface area contributed by atoms with Crippen molar-refractivity contribution in [3.8, 4) is 0 Å². The normalized spacial score (nSPS) is 34.6. The monoisotopic (exact) mass is 324 g/mol. The van der Waals surface area contributed by atoms with Gasteiger partial charge < -0.3 is 14.0 Å². The quantitative estimate of drug-likeness (QED) is 0.576. The summed E-state index contributed by atoms with van der Waals surface area (Å²) in [7, 11) is 0.494. The van der Waals surface area contributed by atoms with E-state index < -0.39 is 18.3 Å². The molecular weight excluding hydrogens is 298 g/mol. The number of allylic oxidation sites excluding steroid dienone is 1. The standard InChI is InChI=1S/C17H26BFO4/c1-16(2)17(3,4)23-18(22-16)14(19)13-10-6-7-11(13)9-12(8-10)15(20)21-5/h10-12H,6-9H2,1-5H3. The molecule has 2 aliphatic carbocycles. The van der Waals surface area contributed by atoms with Crippen molar-refractivity contribution < 1.29 is 23.2 Å². The zero-order valence-electron chi connectivity index (χ0n) is 14.6. The number of hydrogen-bond acceptors (Lipinski definition) is 4. The fraction of sp³-hybridized carbons (Fsp3) is 0.824. The molecule has 2 bridgehead atoms. The lowest BCUT2D eigenvalue weighted by Crippen LogP contribution is -2.41. The van der Waals surface area contributed by atoms with Gasteiger partial charge in [0.2, 0.25) is 0 Å². The number of hydrogen-bond donors (Lipinski definition) is 0. The lowest BCUT2D eigenvalue weighted by molar-refractivity contribution is -0.146. The number of methoxy groups -OCH3 is 1. The topological polar surface area (TPSA) is 44.8 Å². The summed E-state index contributed by atoms with van der Waals surface area (Å²) in [6.07, 6.45) is 3.21. The van der Waals surface area contributed by atoms with Crippen LogP contribution in [0.15, 0.2) is 11.3 Å². The number of rotatable bonds is 2. The molecule has 1 heterocycles. The molecule has 128 valence electrons. The summed E-state index contributed by atoms with van der Waals surface area (Å²) in [5.41, 5.74) is -0.529. The van der Waals surface area contributed by atoms with Crippen molar-refractivity contribution in [1.29, 1.82) is 0 Å². The highest BCUT2D eigenvalue weighted by molar-refractivity contribution is 6.53. The van der Waals surface area contributed by atoms with Gasteiger partial charge in [0.25, 0.3) is 0 Å². The molecule has 2 atom stereocenters. The van der Waals surface area contributed by atoms with Crippen LogP contribution < -0.4 is 0 Å². The van der Waals surface area contributed by atoms with Crippen molar-refractivity contribution in [2.45, 2.75) is 64.6 Å². The molecule has 3 aliphatic rings. The van der Waals surface area contributed by atoms with Crippen molar-refractivity contribution in [1.82, 2.24) is 0 Å². The van der Waals surface area contributed by atoms with Crippen LogP contribution in [0.4, 0.5) is 4.39 Å². The molecule has 0 spiro atoms. The Bertz CT molecular complexity index is 511. The Balaban J connectivity index is 1.82. The largest absolute Gasteiger partial charge is 0.525 e. The van der Waals surface area contributed by atoms with E-state index in [0.717, 1.165) is 18.4 Å². The summed E-state index contributed by atoms with van der Waals surface area (Å²) in [6.45, 7) is 7.70. The van der Waals surface area contributed by atoms with E-state index in [2.05, 4.69) is 0 Å². The van der Waals surface area contributed by atoms with Gasteiger partial charge in [-0.3, -0.25) is 4.79 Å². The van der Waals surface area contributed by atoms with E-state index in [1.54, 1.807) is 0 Å². The predicted molar refractivity (Wildman–Crippen MR) is 85.2 cm³/mol. The first kappa shape index (κ1) is 17.0. The van der Waals surface area contributed by atoms with E-state index in [1.165, 1.54) is 7.11 Å². The molecule has 4 nitrogen and oxygen atoms in total. The van der Waals surface area contributed by atoms with Crippen molar-refractivity contribution in [2.75, 3.05) is 7.11 Å². The molecule has 1 aliphatic heterocycles. The second-order valence-electron chi connectivity index (χ2n) is 8.05. The van der Waals surface area contributed by atoms with Crippen LogP contribution in [0.2, 0.25) is 0 Å². The summed E-state index contributed by atoms with van der Waals surface area (Å²) < 4.78 is 31.7. The van der Waals surface area contributed by atoms with Crippen LogP contribution in [0.25, 0.3) is 0 Å². The molecule has 2 saturated carbocycles. The van der Waals surface area contributed by atoms with Crippen LogP contribution in [0.1, 0.15) is 53.4 Å². The maximum Gasteiger partial charge on any atom is 0.525 e. The Hall–Kier alpha value is -0.875. The van der Waals surface area contributed by atoms with Gasteiger partial charge in [-0.1, -0.05) is 0 Å². The highest BCUT2D eigenvalue weighted by Gasteiger charge is 2.55. The summed E-state index contributed by atoms with van der Waals surface area (Å²) in [6, 6.07) is 0. The van der Waals surface area contributed by atoms with E-state index in [0.29, 0.717) is 12.8 Å². The van der Waals surface area contributed by atoms with Gasteiger partial charge in [0.1, 0.15) is 5.73 Å². The predicted octanol–water partition coefficient (Wildman–Crippen LogP) is 3.45. The Morgan fingerprint density at radius 1 is 1.13 bits per heavy atom. The molecule has 0 amide bonds. The second-order valence-corrected chi connectivity index (χ2v) is 8.05. The number of carbonyl (C=O) groups excluding carboxylic acids is 1. The van der Waals surface area contributed by atoms with Gasteiger partial charge in [-0.05, 0) is 70.8 Å². The van der Waals surface area contributed by atoms with E-state index >= 15 is 4.39 Å². The van der Waals surface area contributed by atoms with E-state index in [9.17, 15) is 4.79 Å². The Labute approximate surface area is 137 Å². The molecule has 0 N–H and O–H groups in total. The van der Waals surface area contributed by atoms with Gasteiger partial charge in [0, 0.05) is 0 Å². The maximum absolute atomic E-state index is 15.1. The van der Waals surface area contributed by atoms with Gasteiger partial charge in [-0.15, -0.1) is 0 Å². The number of esters is 1. The fourth-order valence-corrected chi connectivity index (χ4v) is 4.15. The molecule has 0 radical (unpaired) electrons. The summed E-state index contributed by atoms with van der Waals surface area (Å²) in [5, 5.41) is 0. The van der Waals surface area contributed by atoms with Gasteiger partial charge >= 0.3 is 13.1 Å². The molecule has 3 rings (SSSR count). The van der Waals surface area contributed by atoms with Crippen LogP contribution in [-0.2, 0) is 18.8 Å². The molecule has 2 unspecified atom stereocenters. The van der Waals surface area contributed by atoms with Gasteiger partial charge in [0.15, 0.2) is 0 Å². The van der Waals surface area contributed by atoms with E-state index in [-0.39, 0.29) is 29.4 Å². The third-order valence-electron chi connectivity index (χ3n) is 6.15. The van der Waals surface area contributed by atoms with Crippen LogP contribution >= 0.6 is 0 Å². The first-order chi connectivity index (χ1) is 10.7. The smallest absolute Gasteiger partial charge is 0.469 e. The first-order valence-corrected chi connectivity index (χ1v) is 8.49. The molecule has 0 aromatic carbocycles. The molecule has 6 heteroatoms. The lowest BCUT2D eigenvalue weighted by atomic mass is 9.71. The number of fused-ring (bicyclic) bond motifs is 2. The zero-order valence-corrected chi connectivity index (χ0v) is 14.6. The summed E-state index contributed by atoms with van der Waals surface area (Å²) in [4.78, 5) is 11.8. The van der Waals surface area contributed by atoms with E-state index in [4.69, 9.17) is 14.0 Å². The molecule has 0 aromatic heterocycles. The first-order valence-electron chi connectivity index (χ1n) is 8.49. The average Bonchev–Trinajstić information content (AvgIpc) is 2.86. The van der Waals surface area contributed by atoms with Crippen LogP contribution in [0.5, 0.6) is 0 Å². The average molecular weight is 324 g/mol. The zero-order chi connectivity index (χ0) is 17.0. The summed E-state index contributed by atoms with van der Waals surface area (Å²) in [5.74, 6) is -0.0573. The van der Waals surface area contributed by atoms with Gasteiger partial charge in [-0.25, -0.2) is 4.39 Å². The van der Waals surface area contributed by atoms with Crippen LogP contribution in [0, 0.1) is 17.8 Å². The van der Waals surface area contributed by atoms with Crippen LogP contribution in [-0.4, -0.2) is 31.4 Å². The second kappa shape index (κ2) is 5.59. The van der Waals surface area contributed by atoms with Crippen molar-refractivity contribution in [2.24, 2.45) is 17.8 Å².